The SMILES string of the molecule is Cc1ccc(NC(=O)c2cncc(C(=O)Nc3ccccc3C#N)c2)cc1C. The smallest absolute Gasteiger partial charge is 0.257 e. The first kappa shape index (κ1) is 18.8. The van der Waals surface area contributed by atoms with Crippen LogP contribution in [-0.2, 0) is 0 Å². The van der Waals surface area contributed by atoms with Gasteiger partial charge in [-0.25, -0.2) is 0 Å². The van der Waals surface area contributed by atoms with Crippen molar-refractivity contribution in [1.82, 2.24) is 4.98 Å². The highest BCUT2D eigenvalue weighted by Gasteiger charge is 2.13. The highest BCUT2D eigenvalue weighted by molar-refractivity contribution is 6.08. The van der Waals surface area contributed by atoms with Gasteiger partial charge in [-0.05, 0) is 55.3 Å². The maximum Gasteiger partial charge on any atom is 0.257 e. The van der Waals surface area contributed by atoms with E-state index in [-0.39, 0.29) is 17.0 Å². The highest BCUT2D eigenvalue weighted by Crippen LogP contribution is 2.17. The Balaban J connectivity index is 1.77. The van der Waals surface area contributed by atoms with Gasteiger partial charge in [0.05, 0.1) is 22.4 Å². The van der Waals surface area contributed by atoms with Crippen LogP contribution in [0.1, 0.15) is 37.4 Å². The number of amides is 2. The molecule has 6 nitrogen and oxygen atoms in total. The van der Waals surface area contributed by atoms with Gasteiger partial charge in [-0.15, -0.1) is 0 Å². The third-order valence-electron chi connectivity index (χ3n) is 4.32. The Hall–Kier alpha value is -3.98. The van der Waals surface area contributed by atoms with Crippen LogP contribution in [0.15, 0.2) is 60.9 Å². The van der Waals surface area contributed by atoms with E-state index in [1.165, 1.54) is 18.5 Å². The Bertz CT molecular complexity index is 1100. The molecule has 0 aliphatic carbocycles. The molecule has 0 spiro atoms. The van der Waals surface area contributed by atoms with Crippen molar-refractivity contribution in [2.75, 3.05) is 10.6 Å². The molecular formula is C22H18N4O2. The average Bonchev–Trinajstić information content (AvgIpc) is 2.71. The minimum Gasteiger partial charge on any atom is -0.322 e. The first-order valence-corrected chi connectivity index (χ1v) is 8.62. The number of aromatic nitrogens is 1. The van der Waals surface area contributed by atoms with Crippen LogP contribution in [-0.4, -0.2) is 16.8 Å². The van der Waals surface area contributed by atoms with E-state index in [1.807, 2.05) is 38.1 Å². The Morgan fingerprint density at radius 1 is 0.893 bits per heavy atom. The normalized spacial score (nSPS) is 10.0. The van der Waals surface area contributed by atoms with Crippen LogP contribution in [0.5, 0.6) is 0 Å². The van der Waals surface area contributed by atoms with Crippen LogP contribution >= 0.6 is 0 Å². The van der Waals surface area contributed by atoms with Crippen molar-refractivity contribution < 1.29 is 9.59 Å². The molecule has 0 radical (unpaired) electrons. The molecule has 6 heteroatoms. The van der Waals surface area contributed by atoms with Crippen molar-refractivity contribution in [2.45, 2.75) is 13.8 Å². The van der Waals surface area contributed by atoms with Gasteiger partial charge >= 0.3 is 0 Å². The number of pyridine rings is 1. The standard InChI is InChI=1S/C22H18N4O2/c1-14-7-8-19(9-15(14)2)25-21(27)17-10-18(13-24-12-17)22(28)26-20-6-4-3-5-16(20)11-23/h3-10,12-13H,1-2H3,(H,25,27)(H,26,28). The van der Waals surface area contributed by atoms with Gasteiger partial charge in [-0.2, -0.15) is 5.26 Å². The van der Waals surface area contributed by atoms with Gasteiger partial charge in [-0.1, -0.05) is 18.2 Å². The number of nitriles is 1. The van der Waals surface area contributed by atoms with Crippen molar-refractivity contribution >= 4 is 23.2 Å². The summed E-state index contributed by atoms with van der Waals surface area (Å²) in [5, 5.41) is 14.6. The molecule has 2 amide bonds. The Kier molecular flexibility index (Phi) is 5.47. The van der Waals surface area contributed by atoms with Gasteiger partial charge in [0.2, 0.25) is 0 Å². The molecule has 0 aliphatic rings. The number of carbonyl (C=O) groups excluding carboxylic acids is 2. The summed E-state index contributed by atoms with van der Waals surface area (Å²) >= 11 is 0. The van der Waals surface area contributed by atoms with Gasteiger partial charge in [-0.3, -0.25) is 14.6 Å². The number of nitrogens with zero attached hydrogens (tertiary/aromatic N) is 2. The summed E-state index contributed by atoms with van der Waals surface area (Å²) in [7, 11) is 0. The lowest BCUT2D eigenvalue weighted by atomic mass is 10.1. The largest absolute Gasteiger partial charge is 0.322 e. The van der Waals surface area contributed by atoms with Crippen molar-refractivity contribution in [1.29, 1.82) is 5.26 Å². The quantitative estimate of drug-likeness (QED) is 0.723. The van der Waals surface area contributed by atoms with Crippen molar-refractivity contribution in [3.05, 3.63) is 88.7 Å². The molecule has 2 N–H and O–H groups in total. The summed E-state index contributed by atoms with van der Waals surface area (Å²) in [6.07, 6.45) is 2.77. The molecule has 1 heterocycles. The molecule has 3 aromatic rings. The van der Waals surface area contributed by atoms with Crippen LogP contribution in [0.3, 0.4) is 0 Å². The molecule has 3 rings (SSSR count). The van der Waals surface area contributed by atoms with E-state index in [4.69, 9.17) is 5.26 Å². The van der Waals surface area contributed by atoms with E-state index in [1.54, 1.807) is 24.3 Å². The average molecular weight is 370 g/mol. The minimum atomic E-state index is -0.448. The number of carbonyl (C=O) groups is 2. The number of para-hydroxylation sites is 1. The molecule has 28 heavy (non-hydrogen) atoms. The van der Waals surface area contributed by atoms with Gasteiger partial charge in [0.1, 0.15) is 6.07 Å². The molecule has 0 saturated heterocycles. The molecule has 0 bridgehead atoms. The maximum atomic E-state index is 12.5. The topological polar surface area (TPSA) is 94.9 Å². The Labute approximate surface area is 162 Å². The first-order valence-electron chi connectivity index (χ1n) is 8.62. The fraction of sp³-hybridized carbons (Fsp3) is 0.0909. The van der Waals surface area contributed by atoms with E-state index in [0.29, 0.717) is 16.9 Å². The first-order chi connectivity index (χ1) is 13.5. The van der Waals surface area contributed by atoms with Crippen LogP contribution in [0, 0.1) is 25.2 Å². The number of hydrogen-bond acceptors (Lipinski definition) is 4. The predicted octanol–water partition coefficient (Wildman–Crippen LogP) is 4.07. The third kappa shape index (κ3) is 4.22. The fourth-order valence-corrected chi connectivity index (χ4v) is 2.59. The molecule has 0 saturated carbocycles. The summed E-state index contributed by atoms with van der Waals surface area (Å²) in [5.41, 5.74) is 4.12. The molecule has 0 unspecified atom stereocenters. The summed E-state index contributed by atoms with van der Waals surface area (Å²) in [6.45, 7) is 3.97. The van der Waals surface area contributed by atoms with Gasteiger partial charge < -0.3 is 10.6 Å². The Morgan fingerprint density at radius 3 is 2.25 bits per heavy atom. The molecular weight excluding hydrogens is 352 g/mol. The van der Waals surface area contributed by atoms with Crippen LogP contribution in [0.2, 0.25) is 0 Å². The van der Waals surface area contributed by atoms with Crippen LogP contribution < -0.4 is 10.6 Å². The number of aryl methyl sites for hydroxylation is 2. The van der Waals surface area contributed by atoms with Gasteiger partial charge in [0, 0.05) is 18.1 Å². The van der Waals surface area contributed by atoms with Gasteiger partial charge in [0.25, 0.3) is 11.8 Å². The molecule has 0 atom stereocenters. The number of hydrogen-bond donors (Lipinski definition) is 2. The minimum absolute atomic E-state index is 0.223. The predicted molar refractivity (Wildman–Crippen MR) is 107 cm³/mol. The zero-order valence-electron chi connectivity index (χ0n) is 15.5. The Morgan fingerprint density at radius 2 is 1.57 bits per heavy atom. The summed E-state index contributed by atoms with van der Waals surface area (Å²) in [5.74, 6) is -0.807. The van der Waals surface area contributed by atoms with E-state index in [0.717, 1.165) is 11.1 Å². The zero-order valence-corrected chi connectivity index (χ0v) is 15.5. The van der Waals surface area contributed by atoms with Crippen molar-refractivity contribution in [2.24, 2.45) is 0 Å². The second-order valence-corrected chi connectivity index (χ2v) is 6.33. The lowest BCUT2D eigenvalue weighted by molar-refractivity contribution is 0.102. The number of rotatable bonds is 4. The molecule has 0 aliphatic heterocycles. The van der Waals surface area contributed by atoms with E-state index in [9.17, 15) is 9.59 Å². The monoisotopic (exact) mass is 370 g/mol. The summed E-state index contributed by atoms with van der Waals surface area (Å²) in [4.78, 5) is 29.0. The zero-order chi connectivity index (χ0) is 20.1. The lowest BCUT2D eigenvalue weighted by Gasteiger charge is -2.09. The summed E-state index contributed by atoms with van der Waals surface area (Å²) in [6, 6.07) is 15.8. The van der Waals surface area contributed by atoms with E-state index >= 15 is 0 Å². The number of anilines is 2. The maximum absolute atomic E-state index is 12.5. The third-order valence-corrected chi connectivity index (χ3v) is 4.32. The van der Waals surface area contributed by atoms with Gasteiger partial charge in [0.15, 0.2) is 0 Å². The van der Waals surface area contributed by atoms with E-state index < -0.39 is 5.91 Å². The molecule has 0 fully saturated rings. The molecule has 1 aromatic heterocycles. The highest BCUT2D eigenvalue weighted by atomic mass is 16.2. The lowest BCUT2D eigenvalue weighted by Crippen LogP contribution is -2.16. The van der Waals surface area contributed by atoms with Crippen LogP contribution in [0.4, 0.5) is 11.4 Å². The second-order valence-electron chi connectivity index (χ2n) is 6.33. The molecule has 138 valence electrons. The van der Waals surface area contributed by atoms with E-state index in [2.05, 4.69) is 15.6 Å². The number of nitrogens with one attached hydrogen (secondary N) is 2. The fourth-order valence-electron chi connectivity index (χ4n) is 2.59. The summed E-state index contributed by atoms with van der Waals surface area (Å²) < 4.78 is 0. The van der Waals surface area contributed by atoms with Crippen LogP contribution in [0.25, 0.3) is 0 Å². The second kappa shape index (κ2) is 8.14. The van der Waals surface area contributed by atoms with Crippen molar-refractivity contribution in [3.63, 3.8) is 0 Å². The number of benzene rings is 2. The molecule has 2 aromatic carbocycles. The van der Waals surface area contributed by atoms with Crippen molar-refractivity contribution in [3.8, 4) is 6.07 Å².